The smallest absolute Gasteiger partial charge is 0.322 e. The second-order valence-corrected chi connectivity index (χ2v) is 9.59. The van der Waals surface area contributed by atoms with Gasteiger partial charge in [0.05, 0.1) is 51.1 Å². The fraction of sp³-hybridized carbons (Fsp3) is 0.250. The molecule has 180 valence electrons. The lowest BCUT2D eigenvalue weighted by molar-refractivity contribution is -0.00374. The van der Waals surface area contributed by atoms with Crippen LogP contribution >= 0.6 is 23.2 Å². The topological polar surface area (TPSA) is 137 Å². The van der Waals surface area contributed by atoms with E-state index in [1.165, 1.54) is 4.90 Å². The number of carbonyl (C=O) groups is 2. The van der Waals surface area contributed by atoms with E-state index < -0.39 is 23.6 Å². The number of halogens is 2. The number of anilines is 1. The Kier molecular flexibility index (Phi) is 6.47. The molecule has 2 aromatic carbocycles. The summed E-state index contributed by atoms with van der Waals surface area (Å²) in [6.07, 6.45) is 0. The van der Waals surface area contributed by atoms with E-state index in [9.17, 15) is 14.7 Å². The van der Waals surface area contributed by atoms with Gasteiger partial charge in [0.1, 0.15) is 5.69 Å². The van der Waals surface area contributed by atoms with Gasteiger partial charge in [0.2, 0.25) is 0 Å². The molecule has 0 fully saturated rings. The highest BCUT2D eigenvalue weighted by Gasteiger charge is 2.40. The Hall–Kier alpha value is -3.58. The number of benzene rings is 2. The molecule has 0 bridgehead atoms. The van der Waals surface area contributed by atoms with Crippen molar-refractivity contribution >= 4 is 40.8 Å². The number of primary amides is 1. The Morgan fingerprint density at radius 3 is 2.46 bits per heavy atom. The van der Waals surface area contributed by atoms with Crippen LogP contribution in [0.1, 0.15) is 41.5 Å². The number of carbonyl (C=O) groups excluding carboxylic acids is 2. The maximum atomic E-state index is 13.1. The van der Waals surface area contributed by atoms with Crippen molar-refractivity contribution in [2.75, 3.05) is 11.9 Å². The monoisotopic (exact) mass is 512 g/mol. The second kappa shape index (κ2) is 9.23. The van der Waals surface area contributed by atoms with Gasteiger partial charge in [0, 0.05) is 17.8 Å². The molecule has 1 aliphatic rings. The highest BCUT2D eigenvalue weighted by Crippen LogP contribution is 2.37. The first-order chi connectivity index (χ1) is 16.5. The van der Waals surface area contributed by atoms with Gasteiger partial charge in [-0.3, -0.25) is 9.48 Å². The van der Waals surface area contributed by atoms with Gasteiger partial charge in [0.15, 0.2) is 0 Å². The van der Waals surface area contributed by atoms with Crippen LogP contribution in [0.25, 0.3) is 11.3 Å². The fourth-order valence-corrected chi connectivity index (χ4v) is 4.32. The van der Waals surface area contributed by atoms with E-state index in [2.05, 4.69) is 10.4 Å². The number of fused-ring (bicyclic) bond motifs is 1. The number of nitrogens with zero attached hydrogens (tertiary/aromatic N) is 4. The molecule has 11 heteroatoms. The normalized spacial score (nSPS) is 15.3. The Morgan fingerprint density at radius 1 is 1.20 bits per heavy atom. The molecule has 3 aromatic rings. The molecule has 1 atom stereocenters. The van der Waals surface area contributed by atoms with E-state index >= 15 is 0 Å². The van der Waals surface area contributed by atoms with Crippen molar-refractivity contribution < 1.29 is 14.7 Å². The van der Waals surface area contributed by atoms with Crippen LogP contribution in [-0.4, -0.2) is 43.9 Å². The largest absolute Gasteiger partial charge is 0.388 e. The lowest BCUT2D eigenvalue weighted by Gasteiger charge is -2.39. The number of hydrogen-bond acceptors (Lipinski definition) is 5. The maximum absolute atomic E-state index is 13.1. The summed E-state index contributed by atoms with van der Waals surface area (Å²) in [6, 6.07) is 12.2. The summed E-state index contributed by atoms with van der Waals surface area (Å²) in [4.78, 5) is 27.2. The van der Waals surface area contributed by atoms with Crippen molar-refractivity contribution in [2.24, 2.45) is 5.73 Å². The van der Waals surface area contributed by atoms with Crippen molar-refractivity contribution in [1.82, 2.24) is 14.7 Å². The number of aromatic nitrogens is 2. The molecule has 2 heterocycles. The van der Waals surface area contributed by atoms with Crippen LogP contribution in [0.2, 0.25) is 10.0 Å². The summed E-state index contributed by atoms with van der Waals surface area (Å²) in [7, 11) is 0. The Morgan fingerprint density at radius 2 is 1.89 bits per heavy atom. The number of aliphatic hydroxyl groups is 1. The zero-order valence-electron chi connectivity index (χ0n) is 18.9. The average molecular weight is 513 g/mol. The summed E-state index contributed by atoms with van der Waals surface area (Å²) < 4.78 is 1.56. The molecule has 4 rings (SSSR count). The molecule has 4 N–H and O–H groups in total. The first-order valence-corrected chi connectivity index (χ1v) is 11.4. The van der Waals surface area contributed by atoms with Crippen molar-refractivity contribution in [3.8, 4) is 17.3 Å². The Balaban J connectivity index is 1.76. The number of nitriles is 1. The highest BCUT2D eigenvalue weighted by atomic mass is 35.5. The molecule has 0 spiro atoms. The first kappa shape index (κ1) is 24.5. The van der Waals surface area contributed by atoms with E-state index in [0.29, 0.717) is 27.5 Å². The third kappa shape index (κ3) is 4.82. The summed E-state index contributed by atoms with van der Waals surface area (Å²) in [5.74, 6) is -0.726. The lowest BCUT2D eigenvalue weighted by atomic mass is 9.95. The van der Waals surface area contributed by atoms with E-state index in [1.54, 1.807) is 61.0 Å². The number of urea groups is 1. The molecule has 0 aliphatic carbocycles. The molecular formula is C24H22Cl2N6O3. The minimum atomic E-state index is -1.29. The molecule has 1 aliphatic heterocycles. The van der Waals surface area contributed by atoms with Crippen LogP contribution < -0.4 is 11.1 Å². The quantitative estimate of drug-likeness (QED) is 0.481. The van der Waals surface area contributed by atoms with Crippen LogP contribution in [0.5, 0.6) is 0 Å². The van der Waals surface area contributed by atoms with Crippen LogP contribution in [0.15, 0.2) is 42.5 Å². The second-order valence-electron chi connectivity index (χ2n) is 8.78. The lowest BCUT2D eigenvalue weighted by Crippen LogP contribution is -2.50. The number of nitrogens with two attached hydrogens (primary N) is 1. The van der Waals surface area contributed by atoms with Crippen molar-refractivity contribution in [3.05, 3.63) is 69.3 Å². The van der Waals surface area contributed by atoms with Gasteiger partial charge in [-0.25, -0.2) is 4.79 Å². The van der Waals surface area contributed by atoms with Gasteiger partial charge < -0.3 is 21.1 Å². The fourth-order valence-electron chi connectivity index (χ4n) is 4.02. The number of rotatable bonds is 4. The average Bonchev–Trinajstić information content (AvgIpc) is 3.19. The van der Waals surface area contributed by atoms with Gasteiger partial charge in [-0.2, -0.15) is 10.4 Å². The highest BCUT2D eigenvalue weighted by molar-refractivity contribution is 6.42. The third-order valence-corrected chi connectivity index (χ3v) is 6.59. The first-order valence-electron chi connectivity index (χ1n) is 10.6. The molecule has 0 unspecified atom stereocenters. The van der Waals surface area contributed by atoms with Crippen LogP contribution in [-0.2, 0) is 6.54 Å². The SMILES string of the molecule is CC(C)(O)[C@@H]1CN(C(=O)Nc2ccc(C#N)cc2)Cc2c(C(N)=O)c(-c3ccc(Cl)c(Cl)c3)nn21. The van der Waals surface area contributed by atoms with Gasteiger partial charge in [-0.05, 0) is 50.2 Å². The van der Waals surface area contributed by atoms with E-state index in [-0.39, 0.29) is 29.4 Å². The predicted molar refractivity (Wildman–Crippen MR) is 132 cm³/mol. The Labute approximate surface area is 211 Å². The molecule has 9 nitrogen and oxygen atoms in total. The summed E-state index contributed by atoms with van der Waals surface area (Å²) in [5, 5.41) is 27.9. The predicted octanol–water partition coefficient (Wildman–Crippen LogP) is 4.19. The van der Waals surface area contributed by atoms with Crippen molar-refractivity contribution in [2.45, 2.75) is 32.0 Å². The number of hydrogen-bond donors (Lipinski definition) is 3. The van der Waals surface area contributed by atoms with E-state index in [4.69, 9.17) is 34.2 Å². The van der Waals surface area contributed by atoms with E-state index in [0.717, 1.165) is 0 Å². The minimum Gasteiger partial charge on any atom is -0.388 e. The van der Waals surface area contributed by atoms with Crippen LogP contribution in [0, 0.1) is 11.3 Å². The molecule has 0 saturated heterocycles. The third-order valence-electron chi connectivity index (χ3n) is 5.85. The van der Waals surface area contributed by atoms with Crippen LogP contribution in [0.4, 0.5) is 10.5 Å². The molecule has 0 radical (unpaired) electrons. The van der Waals surface area contributed by atoms with Crippen LogP contribution in [0.3, 0.4) is 0 Å². The minimum absolute atomic E-state index is 0.0291. The standard InChI is InChI=1S/C24H22Cl2N6O3/c1-24(2,35)19-12-31(23(34)29-15-6-3-13(10-27)4-7-15)11-18-20(22(28)33)21(30-32(18)19)14-5-8-16(25)17(26)9-14/h3-9,19,35H,11-12H2,1-2H3,(H2,28,33)(H,29,34)/t19-/m0/s1. The van der Waals surface area contributed by atoms with Crippen molar-refractivity contribution in [1.29, 1.82) is 5.26 Å². The van der Waals surface area contributed by atoms with Crippen molar-refractivity contribution in [3.63, 3.8) is 0 Å². The zero-order chi connectivity index (χ0) is 25.5. The zero-order valence-corrected chi connectivity index (χ0v) is 20.4. The molecule has 3 amide bonds. The molecule has 0 saturated carbocycles. The van der Waals surface area contributed by atoms with Gasteiger partial charge in [-0.15, -0.1) is 0 Å². The summed E-state index contributed by atoms with van der Waals surface area (Å²) >= 11 is 12.2. The maximum Gasteiger partial charge on any atom is 0.322 e. The number of nitrogens with one attached hydrogen (secondary N) is 1. The Bertz CT molecular complexity index is 1360. The van der Waals surface area contributed by atoms with Gasteiger partial charge in [-0.1, -0.05) is 29.3 Å². The van der Waals surface area contributed by atoms with Gasteiger partial charge in [0.25, 0.3) is 5.91 Å². The molecular weight excluding hydrogens is 491 g/mol. The summed E-state index contributed by atoms with van der Waals surface area (Å²) in [5.41, 5.74) is 6.77. The molecule has 1 aromatic heterocycles. The number of amides is 3. The van der Waals surface area contributed by atoms with E-state index in [1.807, 2.05) is 6.07 Å². The van der Waals surface area contributed by atoms with Gasteiger partial charge >= 0.3 is 6.03 Å². The molecule has 35 heavy (non-hydrogen) atoms. The summed E-state index contributed by atoms with van der Waals surface area (Å²) in [6.45, 7) is 3.36.